The van der Waals surface area contributed by atoms with Gasteiger partial charge in [0.05, 0.1) is 6.61 Å². The van der Waals surface area contributed by atoms with Crippen LogP contribution in [0.3, 0.4) is 0 Å². The van der Waals surface area contributed by atoms with Crippen molar-refractivity contribution in [1.29, 1.82) is 0 Å². The van der Waals surface area contributed by atoms with Gasteiger partial charge in [0, 0.05) is 16.6 Å². The minimum Gasteiger partial charge on any atom is -0.490 e. The van der Waals surface area contributed by atoms with Crippen molar-refractivity contribution in [3.63, 3.8) is 0 Å². The molecule has 6 nitrogen and oxygen atoms in total. The zero-order valence-corrected chi connectivity index (χ0v) is 16.2. The van der Waals surface area contributed by atoms with Gasteiger partial charge in [0.25, 0.3) is 5.91 Å². The summed E-state index contributed by atoms with van der Waals surface area (Å²) in [5.41, 5.74) is 3.58. The van der Waals surface area contributed by atoms with Crippen molar-refractivity contribution in [2.24, 2.45) is 0 Å². The summed E-state index contributed by atoms with van der Waals surface area (Å²) in [5, 5.41) is 3.67. The van der Waals surface area contributed by atoms with Gasteiger partial charge in [0.2, 0.25) is 5.89 Å². The summed E-state index contributed by atoms with van der Waals surface area (Å²) in [5.74, 6) is 1.05. The van der Waals surface area contributed by atoms with Crippen LogP contribution in [-0.2, 0) is 0 Å². The van der Waals surface area contributed by atoms with Gasteiger partial charge >= 0.3 is 0 Å². The molecule has 0 fully saturated rings. The van der Waals surface area contributed by atoms with E-state index in [-0.39, 0.29) is 11.7 Å². The lowest BCUT2D eigenvalue weighted by Crippen LogP contribution is -2.10. The molecule has 30 heavy (non-hydrogen) atoms. The van der Waals surface area contributed by atoms with E-state index in [2.05, 4.69) is 10.3 Å². The number of oxazole rings is 1. The summed E-state index contributed by atoms with van der Waals surface area (Å²) in [6.07, 6.45) is 0. The second-order valence-electron chi connectivity index (χ2n) is 6.74. The van der Waals surface area contributed by atoms with Crippen molar-refractivity contribution in [3.8, 4) is 17.2 Å². The van der Waals surface area contributed by atoms with Gasteiger partial charge in [-0.3, -0.25) is 4.79 Å². The number of nitrogens with zero attached hydrogens (tertiary/aromatic N) is 1. The van der Waals surface area contributed by atoms with E-state index in [0.717, 1.165) is 22.0 Å². The van der Waals surface area contributed by atoms with Crippen LogP contribution in [0.1, 0.15) is 17.5 Å². The number of furan rings is 1. The summed E-state index contributed by atoms with van der Waals surface area (Å²) in [6, 6.07) is 22.2. The van der Waals surface area contributed by atoms with Crippen LogP contribution in [0.25, 0.3) is 33.5 Å². The largest absolute Gasteiger partial charge is 0.490 e. The first-order valence-corrected chi connectivity index (χ1v) is 9.64. The Labute approximate surface area is 172 Å². The number of aromatic nitrogens is 1. The molecule has 0 aliphatic carbocycles. The maximum absolute atomic E-state index is 12.6. The monoisotopic (exact) mass is 398 g/mol. The smallest absolute Gasteiger partial charge is 0.291 e. The second kappa shape index (κ2) is 7.40. The van der Waals surface area contributed by atoms with E-state index in [1.165, 1.54) is 0 Å². The summed E-state index contributed by atoms with van der Waals surface area (Å²) >= 11 is 0. The molecule has 148 valence electrons. The molecule has 0 saturated carbocycles. The minimum absolute atomic E-state index is 0.222. The Kier molecular flexibility index (Phi) is 4.44. The highest BCUT2D eigenvalue weighted by atomic mass is 16.5. The number of ether oxygens (including phenoxy) is 1. The summed E-state index contributed by atoms with van der Waals surface area (Å²) in [4.78, 5) is 17.1. The maximum Gasteiger partial charge on any atom is 0.291 e. The third-order valence-electron chi connectivity index (χ3n) is 4.72. The Balaban J connectivity index is 1.36. The Morgan fingerprint density at radius 2 is 1.83 bits per heavy atom. The van der Waals surface area contributed by atoms with Crippen LogP contribution >= 0.6 is 0 Å². The van der Waals surface area contributed by atoms with E-state index in [9.17, 15) is 4.79 Å². The van der Waals surface area contributed by atoms with Gasteiger partial charge in [-0.25, -0.2) is 4.98 Å². The molecule has 3 aromatic carbocycles. The number of hydrogen-bond acceptors (Lipinski definition) is 5. The molecule has 0 radical (unpaired) electrons. The number of fused-ring (bicyclic) bond motifs is 2. The first-order valence-electron chi connectivity index (χ1n) is 9.64. The predicted octanol–water partition coefficient (Wildman–Crippen LogP) is 5.89. The number of para-hydroxylation sites is 3. The van der Waals surface area contributed by atoms with Crippen LogP contribution in [0.5, 0.6) is 5.75 Å². The van der Waals surface area contributed by atoms with Crippen LogP contribution in [0.15, 0.2) is 81.6 Å². The number of carbonyl (C=O) groups is 1. The number of benzene rings is 3. The predicted molar refractivity (Wildman–Crippen MR) is 115 cm³/mol. The lowest BCUT2D eigenvalue weighted by molar-refractivity contribution is 0.0998. The zero-order chi connectivity index (χ0) is 20.5. The van der Waals surface area contributed by atoms with Gasteiger partial charge in [-0.15, -0.1) is 0 Å². The van der Waals surface area contributed by atoms with E-state index in [4.69, 9.17) is 13.6 Å². The average Bonchev–Trinajstić information content (AvgIpc) is 3.39. The van der Waals surface area contributed by atoms with Crippen molar-refractivity contribution < 1.29 is 18.4 Å². The van der Waals surface area contributed by atoms with Crippen LogP contribution < -0.4 is 10.1 Å². The highest BCUT2D eigenvalue weighted by molar-refractivity contribution is 6.05. The fourth-order valence-electron chi connectivity index (χ4n) is 3.30. The topological polar surface area (TPSA) is 77.5 Å². The molecule has 5 aromatic rings. The van der Waals surface area contributed by atoms with Crippen molar-refractivity contribution in [2.45, 2.75) is 6.92 Å². The third-order valence-corrected chi connectivity index (χ3v) is 4.72. The fourth-order valence-corrected chi connectivity index (χ4v) is 3.30. The molecule has 0 atom stereocenters. The molecule has 2 heterocycles. The highest BCUT2D eigenvalue weighted by Gasteiger charge is 2.15. The summed E-state index contributed by atoms with van der Waals surface area (Å²) < 4.78 is 17.1. The van der Waals surface area contributed by atoms with E-state index >= 15 is 0 Å². The molecule has 0 bridgehead atoms. The van der Waals surface area contributed by atoms with E-state index in [1.807, 2.05) is 61.5 Å². The number of carbonyl (C=O) groups excluding carboxylic acids is 1. The van der Waals surface area contributed by atoms with Gasteiger partial charge in [-0.2, -0.15) is 0 Å². The fraction of sp³-hybridized carbons (Fsp3) is 0.0833. The van der Waals surface area contributed by atoms with E-state index in [0.29, 0.717) is 29.5 Å². The Bertz CT molecular complexity index is 1320. The number of rotatable bonds is 5. The molecule has 5 rings (SSSR count). The molecule has 0 aliphatic heterocycles. The standard InChI is InChI=1S/C24H18N2O4/c1-2-28-20-9-5-6-16-14-21(29-22(16)20)23(27)25-17-12-10-15(11-13-17)24-26-18-7-3-4-8-19(18)30-24/h3-14H,2H2,1H3,(H,25,27). The normalized spacial score (nSPS) is 11.1. The molecule has 0 unspecified atom stereocenters. The molecule has 2 aromatic heterocycles. The molecule has 1 N–H and O–H groups in total. The summed E-state index contributed by atoms with van der Waals surface area (Å²) in [7, 11) is 0. The van der Waals surface area contributed by atoms with Gasteiger partial charge in [0.1, 0.15) is 5.52 Å². The number of anilines is 1. The molecule has 0 saturated heterocycles. The quantitative estimate of drug-likeness (QED) is 0.399. The second-order valence-corrected chi connectivity index (χ2v) is 6.74. The van der Waals surface area contributed by atoms with Gasteiger partial charge in [0.15, 0.2) is 22.7 Å². The van der Waals surface area contributed by atoms with Crippen LogP contribution in [-0.4, -0.2) is 17.5 Å². The van der Waals surface area contributed by atoms with Crippen molar-refractivity contribution in [1.82, 2.24) is 4.98 Å². The van der Waals surface area contributed by atoms with E-state index in [1.54, 1.807) is 18.2 Å². The first-order chi connectivity index (χ1) is 14.7. The Morgan fingerprint density at radius 1 is 1.00 bits per heavy atom. The van der Waals surface area contributed by atoms with E-state index < -0.39 is 0 Å². The zero-order valence-electron chi connectivity index (χ0n) is 16.2. The Morgan fingerprint density at radius 3 is 2.63 bits per heavy atom. The molecule has 0 aliphatic rings. The van der Waals surface area contributed by atoms with Crippen LogP contribution in [0.4, 0.5) is 5.69 Å². The SMILES string of the molecule is CCOc1cccc2cc(C(=O)Nc3ccc(-c4nc5ccccc5o4)cc3)oc12. The number of hydrogen-bond donors (Lipinski definition) is 1. The first kappa shape index (κ1) is 18.0. The molecule has 1 amide bonds. The lowest BCUT2D eigenvalue weighted by Gasteiger charge is -2.04. The number of amides is 1. The minimum atomic E-state index is -0.330. The molecular weight excluding hydrogens is 380 g/mol. The highest BCUT2D eigenvalue weighted by Crippen LogP contribution is 2.29. The Hall–Kier alpha value is -4.06. The molecular formula is C24H18N2O4. The van der Waals surface area contributed by atoms with Crippen LogP contribution in [0.2, 0.25) is 0 Å². The number of nitrogens with one attached hydrogen (secondary N) is 1. The van der Waals surface area contributed by atoms with Gasteiger partial charge in [-0.1, -0.05) is 24.3 Å². The lowest BCUT2D eigenvalue weighted by atomic mass is 10.2. The van der Waals surface area contributed by atoms with Crippen molar-refractivity contribution in [2.75, 3.05) is 11.9 Å². The molecule has 6 heteroatoms. The van der Waals surface area contributed by atoms with Gasteiger partial charge in [-0.05, 0) is 55.5 Å². The third kappa shape index (κ3) is 3.28. The van der Waals surface area contributed by atoms with Crippen molar-refractivity contribution >= 4 is 33.7 Å². The maximum atomic E-state index is 12.6. The van der Waals surface area contributed by atoms with Crippen LogP contribution in [0, 0.1) is 0 Å². The average molecular weight is 398 g/mol. The van der Waals surface area contributed by atoms with Crippen molar-refractivity contribution in [3.05, 3.63) is 78.6 Å². The van der Waals surface area contributed by atoms with Gasteiger partial charge < -0.3 is 18.9 Å². The summed E-state index contributed by atoms with van der Waals surface area (Å²) in [6.45, 7) is 2.42. The molecule has 0 spiro atoms.